The largest absolute Gasteiger partial charge is 0.644 e. The quantitative estimate of drug-likeness (QED) is 0.0513. The molecule has 0 atom stereocenters. The third kappa shape index (κ3) is 100. The molecule has 0 aromatic rings. The molecule has 840 valence electrons. The van der Waals surface area contributed by atoms with Gasteiger partial charge in [-0.05, 0) is 498 Å². The van der Waals surface area contributed by atoms with Gasteiger partial charge in [-0.3, -0.25) is 0 Å². The highest BCUT2D eigenvalue weighted by Gasteiger charge is 2.66. The van der Waals surface area contributed by atoms with E-state index in [1.54, 1.807) is 0 Å². The van der Waals surface area contributed by atoms with Crippen LogP contribution in [0.4, 0.5) is 0 Å². The second-order valence-electron chi connectivity index (χ2n) is 58.4. The van der Waals surface area contributed by atoms with Crippen molar-refractivity contribution in [3.05, 3.63) is 0 Å². The zero-order chi connectivity index (χ0) is 114. The molecule has 0 aliphatic rings. The minimum atomic E-state index is -4.31. The SMILES string of the molecule is C[Si](C)(C)O[Si](C)(C)O[Si](C)(C)C.C[Si](C)(C)O[Si](C)(C)O[Si](C)(C)C.C[Si](C)(C)O[Si](C)(C)O[Si](C)(C)O[Si](C)(C)C.C[Si](C)(C)O[Si](C)(C)O[Si](C)(C)O[Si](C)(C)C.C[Si](C)(C)O[Si](C)(C)O[Si](C)(O[Si](C)(C)O[Si](C)(C)C)O[Si](C)(C)O[Si](C)(C)C.C[Si](C)(C)O[Si](C)(C)O[Si](C)(O[Si](C)(C)O[Si](C)(C)C)O[Si](O[Si](C)(C)O[Si](C)(C)C)(O[Si](C)(C)O[Si](C)(C)C)O[Si](C)(C)O[Si](C)(C)C. The average Bonchev–Trinajstić information content (AvgIpc) is 0.756. The first kappa shape index (κ1) is 155. The molecule has 0 radical (unpaired) electrons. The van der Waals surface area contributed by atoms with Crippen LogP contribution >= 0.6 is 0 Å². The van der Waals surface area contributed by atoms with Gasteiger partial charge in [-0.25, -0.2) is 0 Å². The first-order valence-corrected chi connectivity index (χ1v) is 150. The van der Waals surface area contributed by atoms with Gasteiger partial charge in [0.2, 0.25) is 0 Å². The lowest BCUT2D eigenvalue weighted by atomic mass is 11.8. The second kappa shape index (κ2) is 54.1. The zero-order valence-electron chi connectivity index (χ0n) is 106. The summed E-state index contributed by atoms with van der Waals surface area (Å²) in [7, 11) is -72.6. The van der Waals surface area contributed by atoms with Gasteiger partial charge < -0.3 is 111 Å². The van der Waals surface area contributed by atoms with E-state index in [1.807, 2.05) is 52.4 Å². The summed E-state index contributed by atoms with van der Waals surface area (Å²) in [5.41, 5.74) is 0. The first-order valence-electron chi connectivity index (χ1n) is 50.0. The molecule has 0 fully saturated rings. The molecule has 0 rings (SSSR count). The smallest absolute Gasteiger partial charge is 0.437 e. The molecule has 27 nitrogen and oxygen atoms in total. The predicted octanol–water partition coefficient (Wildman–Crippen LogP) is 31.1. The van der Waals surface area contributed by atoms with Gasteiger partial charge in [-0.2, -0.15) is 0 Å². The second-order valence-corrected chi connectivity index (χ2v) is 192. The summed E-state index contributed by atoms with van der Waals surface area (Å²) in [5.74, 6) is 0. The minimum Gasteiger partial charge on any atom is -0.437 e. The third-order valence-corrected chi connectivity index (χ3v) is 121. The number of rotatable bonds is 54. The molecule has 60 heteroatoms. The minimum absolute atomic E-state index is 1.43. The maximum absolute atomic E-state index is 7.40. The van der Waals surface area contributed by atoms with Gasteiger partial charge >= 0.3 is 147 Å². The summed E-state index contributed by atoms with van der Waals surface area (Å²) >= 11 is 0. The Morgan fingerprint density at radius 2 is 0.130 bits per heavy atom. The summed E-state index contributed by atoms with van der Waals surface area (Å²) in [5, 5.41) is 0. The van der Waals surface area contributed by atoms with Gasteiger partial charge in [0.1, 0.15) is 0 Å². The highest BCUT2D eigenvalue weighted by molar-refractivity contribution is 6.99. The maximum Gasteiger partial charge on any atom is 0.644 e. The fourth-order valence-electron chi connectivity index (χ4n) is 16.9. The highest BCUT2D eigenvalue weighted by Crippen LogP contribution is 2.39. The van der Waals surface area contributed by atoms with Crippen molar-refractivity contribution in [3.8, 4) is 0 Å². The van der Waals surface area contributed by atoms with E-state index in [-0.39, 0.29) is 0 Å². The van der Waals surface area contributed by atoms with Crippen LogP contribution in [-0.4, -0.2) is 280 Å². The molecule has 138 heavy (non-hydrogen) atoms. The van der Waals surface area contributed by atoms with Crippen LogP contribution < -0.4 is 0 Å². The first-order chi connectivity index (χ1) is 58.1. The van der Waals surface area contributed by atoms with Crippen molar-refractivity contribution < 1.29 is 111 Å². The van der Waals surface area contributed by atoms with Crippen molar-refractivity contribution >= 4 is 280 Å². The topological polar surface area (TPSA) is 249 Å². The molecule has 0 saturated carbocycles. The lowest BCUT2D eigenvalue weighted by Crippen LogP contribution is -2.72. The van der Waals surface area contributed by atoms with E-state index in [1.165, 1.54) is 0 Å². The highest BCUT2D eigenvalue weighted by atomic mass is 28.6. The maximum atomic E-state index is 7.40. The number of hydrogen-bond donors (Lipinski definition) is 0. The van der Waals surface area contributed by atoms with Crippen LogP contribution in [0.25, 0.3) is 0 Å². The summed E-state index contributed by atoms with van der Waals surface area (Å²) in [6.07, 6.45) is 0. The fraction of sp³-hybridized carbons (Fsp3) is 1.00. The van der Waals surface area contributed by atoms with E-state index in [9.17, 15) is 0 Å². The molecule has 0 aromatic carbocycles. The normalized spacial score (nSPS) is 15.5. The molecule has 0 heterocycles. The van der Waals surface area contributed by atoms with Gasteiger partial charge in [-0.15, -0.1) is 0 Å². The van der Waals surface area contributed by atoms with Gasteiger partial charge in [0.15, 0.2) is 133 Å². The Kier molecular flexibility index (Phi) is 60.6. The predicted molar refractivity (Wildman–Crippen MR) is 677 cm³/mol. The molecule has 0 aromatic heterocycles. The van der Waals surface area contributed by atoms with Crippen molar-refractivity contribution in [2.75, 3.05) is 0 Å². The Morgan fingerprint density at radius 3 is 0.217 bits per heavy atom. The third-order valence-electron chi connectivity index (χ3n) is 13.4. The molecule has 0 saturated heterocycles. The zero-order valence-corrected chi connectivity index (χ0v) is 139. The molecule has 0 bridgehead atoms. The van der Waals surface area contributed by atoms with E-state index < -0.39 is 280 Å². The Labute approximate surface area is 892 Å². The van der Waals surface area contributed by atoms with Gasteiger partial charge in [0.05, 0.1) is 0 Å². The van der Waals surface area contributed by atoms with Crippen LogP contribution in [0.1, 0.15) is 0 Å². The van der Waals surface area contributed by atoms with Crippen molar-refractivity contribution in [1.82, 2.24) is 0 Å². The molecule has 0 aliphatic heterocycles. The monoisotopic (exact) mass is 2530 g/mol. The van der Waals surface area contributed by atoms with Crippen molar-refractivity contribution in [2.45, 2.75) is 511 Å². The van der Waals surface area contributed by atoms with Crippen molar-refractivity contribution in [1.29, 1.82) is 0 Å². The van der Waals surface area contributed by atoms with Crippen LogP contribution in [0, 0.1) is 0 Å². The summed E-state index contributed by atoms with van der Waals surface area (Å²) < 4.78 is 178. The molecular formula is C78H234O27Si33. The van der Waals surface area contributed by atoms with Gasteiger partial charge in [-0.1, -0.05) is 0 Å². The standard InChI is InChI=1S/C26H78O11Si12.C16H48O6Si7.2C10H30O3Si4.2C8H24O2Si3/c1-38(2,3)27-43(16,17)32-48(26,33-44(18,19)28-39(4,5)6)37-49(34-45(20,21)29-40(7,8)9,35-46(22,23)30-41(10,11)12)36-47(24,25)31-42(13,14)15;1-23(2,3)17-26(10,11)20-29(16,21-27(12,13)18-24(4,5)6)22-28(14,15)19-25(7,8)9;2*1-14(2,3)11-16(7,8)13-17(9,10)12-15(4,5)6;2*1-11(2,3)9-13(7,8)10-12(4,5)6/h1-26H3;1-16H3;2*1-10H3;2*1-8H3. The van der Waals surface area contributed by atoms with Crippen LogP contribution in [0.5, 0.6) is 0 Å². The van der Waals surface area contributed by atoms with Crippen molar-refractivity contribution in [2.24, 2.45) is 0 Å². The van der Waals surface area contributed by atoms with Crippen LogP contribution in [-0.2, 0) is 111 Å². The van der Waals surface area contributed by atoms with E-state index in [4.69, 9.17) is 111 Å². The molecule has 0 aliphatic carbocycles. The molecule has 0 unspecified atom stereocenters. The number of hydrogen-bond acceptors (Lipinski definition) is 27. The fourth-order valence-corrected chi connectivity index (χ4v) is 162. The Morgan fingerprint density at radius 1 is 0.0652 bits per heavy atom. The van der Waals surface area contributed by atoms with E-state index in [2.05, 4.69) is 458 Å². The summed E-state index contributed by atoms with van der Waals surface area (Å²) in [6.45, 7) is 168. The molecule has 0 spiro atoms. The Balaban J connectivity index is -0.000000413. The lowest BCUT2D eigenvalue weighted by molar-refractivity contribution is 0.0797. The van der Waals surface area contributed by atoms with Crippen LogP contribution in [0.15, 0.2) is 0 Å². The van der Waals surface area contributed by atoms with Crippen LogP contribution in [0.3, 0.4) is 0 Å². The van der Waals surface area contributed by atoms with Crippen LogP contribution in [0.2, 0.25) is 511 Å². The van der Waals surface area contributed by atoms with E-state index in [0.29, 0.717) is 0 Å². The lowest BCUT2D eigenvalue weighted by Gasteiger charge is -2.49. The Hall–Kier alpha value is 6.08. The Bertz CT molecular complexity index is 3140. The average molecular weight is 2530 g/mol. The molecule has 0 amide bonds. The van der Waals surface area contributed by atoms with Crippen molar-refractivity contribution in [3.63, 3.8) is 0 Å². The van der Waals surface area contributed by atoms with E-state index >= 15 is 0 Å². The van der Waals surface area contributed by atoms with E-state index in [0.717, 1.165) is 0 Å². The van der Waals surface area contributed by atoms with Gasteiger partial charge in [0.25, 0.3) is 0 Å². The molecular weight excluding hydrogens is 2300 g/mol. The summed E-state index contributed by atoms with van der Waals surface area (Å²) in [6, 6.07) is 0. The molecule has 0 N–H and O–H groups in total. The van der Waals surface area contributed by atoms with Gasteiger partial charge in [0, 0.05) is 13.1 Å². The summed E-state index contributed by atoms with van der Waals surface area (Å²) in [4.78, 5) is 0.